The fourth-order valence-corrected chi connectivity index (χ4v) is 4.06. The number of carbonyl (C=O) groups is 1. The van der Waals surface area contributed by atoms with Crippen molar-refractivity contribution in [3.63, 3.8) is 0 Å². The van der Waals surface area contributed by atoms with Gasteiger partial charge in [-0.25, -0.2) is 0 Å². The summed E-state index contributed by atoms with van der Waals surface area (Å²) in [6, 6.07) is 0.525. The van der Waals surface area contributed by atoms with Crippen LogP contribution in [0.15, 0.2) is 0 Å². The van der Waals surface area contributed by atoms with Crippen LogP contribution in [0.5, 0.6) is 0 Å². The van der Waals surface area contributed by atoms with Crippen LogP contribution in [-0.2, 0) is 9.53 Å². The third-order valence-electron chi connectivity index (χ3n) is 5.33. The normalized spacial score (nSPS) is 31.8. The quantitative estimate of drug-likeness (QED) is 0.765. The summed E-state index contributed by atoms with van der Waals surface area (Å²) in [6.07, 6.45) is 5.42. The molecule has 2 fully saturated rings. The Kier molecular flexibility index (Phi) is 5.63. The number of ether oxygens (including phenoxy) is 1. The first-order valence-corrected chi connectivity index (χ1v) is 8.17. The summed E-state index contributed by atoms with van der Waals surface area (Å²) >= 11 is 0. The van der Waals surface area contributed by atoms with E-state index in [4.69, 9.17) is 4.74 Å². The topological polar surface area (TPSA) is 44.8 Å². The van der Waals surface area contributed by atoms with Crippen LogP contribution in [0.1, 0.15) is 32.1 Å². The molecule has 0 bridgehead atoms. The lowest BCUT2D eigenvalue weighted by Gasteiger charge is -2.37. The van der Waals surface area contributed by atoms with Crippen molar-refractivity contribution in [2.45, 2.75) is 43.7 Å². The van der Waals surface area contributed by atoms with Crippen molar-refractivity contribution in [2.24, 2.45) is 5.92 Å². The Morgan fingerprint density at radius 2 is 2.00 bits per heavy atom. The van der Waals surface area contributed by atoms with E-state index in [9.17, 15) is 4.79 Å². The van der Waals surface area contributed by atoms with Crippen LogP contribution in [0.25, 0.3) is 0 Å². The highest BCUT2D eigenvalue weighted by atomic mass is 16.5. The highest BCUT2D eigenvalue weighted by molar-refractivity contribution is 5.81. The first-order valence-electron chi connectivity index (χ1n) is 8.17. The third-order valence-corrected chi connectivity index (χ3v) is 5.33. The first kappa shape index (κ1) is 16.7. The summed E-state index contributed by atoms with van der Waals surface area (Å²) in [5.74, 6) is 0.724. The van der Waals surface area contributed by atoms with Crippen LogP contribution in [0, 0.1) is 5.92 Å². The van der Waals surface area contributed by atoms with Gasteiger partial charge in [0.05, 0.1) is 7.11 Å². The lowest BCUT2D eigenvalue weighted by molar-refractivity contribution is -0.148. The zero-order valence-electron chi connectivity index (χ0n) is 14.0. The fraction of sp³-hybridized carbons (Fsp3) is 0.938. The van der Waals surface area contributed by atoms with Crippen molar-refractivity contribution in [3.05, 3.63) is 0 Å². The number of nitrogens with one attached hydrogen (secondary N) is 1. The lowest BCUT2D eigenvalue weighted by Crippen LogP contribution is -2.51. The fourth-order valence-electron chi connectivity index (χ4n) is 4.06. The van der Waals surface area contributed by atoms with Crippen molar-refractivity contribution in [3.8, 4) is 0 Å². The Hall–Kier alpha value is -0.650. The number of carbonyl (C=O) groups excluding carboxylic acids is 1. The Balaban J connectivity index is 1.87. The molecule has 1 N–H and O–H groups in total. The van der Waals surface area contributed by atoms with Crippen LogP contribution < -0.4 is 5.32 Å². The number of esters is 1. The molecule has 2 unspecified atom stereocenters. The molecule has 0 aromatic rings. The van der Waals surface area contributed by atoms with Gasteiger partial charge in [-0.05, 0) is 72.3 Å². The molecule has 2 atom stereocenters. The summed E-state index contributed by atoms with van der Waals surface area (Å²) in [5, 5.41) is 3.22. The number of methoxy groups -OCH3 is 1. The Morgan fingerprint density at radius 1 is 1.33 bits per heavy atom. The van der Waals surface area contributed by atoms with E-state index in [1.54, 1.807) is 0 Å². The van der Waals surface area contributed by atoms with Gasteiger partial charge in [-0.3, -0.25) is 4.79 Å². The molecule has 1 saturated heterocycles. The van der Waals surface area contributed by atoms with Gasteiger partial charge in [0.1, 0.15) is 5.54 Å². The molecule has 5 nitrogen and oxygen atoms in total. The molecule has 1 heterocycles. The van der Waals surface area contributed by atoms with E-state index in [0.29, 0.717) is 6.04 Å². The molecule has 1 aliphatic carbocycles. The third kappa shape index (κ3) is 3.76. The van der Waals surface area contributed by atoms with Crippen molar-refractivity contribution in [1.29, 1.82) is 0 Å². The second-order valence-electron chi connectivity index (χ2n) is 6.96. The van der Waals surface area contributed by atoms with Crippen LogP contribution in [0.3, 0.4) is 0 Å². The molecular formula is C16H31N3O2. The molecule has 0 aromatic heterocycles. The van der Waals surface area contributed by atoms with Crippen molar-refractivity contribution in [2.75, 3.05) is 47.9 Å². The average molecular weight is 297 g/mol. The first-order chi connectivity index (χ1) is 10.0. The van der Waals surface area contributed by atoms with Crippen molar-refractivity contribution < 1.29 is 9.53 Å². The van der Waals surface area contributed by atoms with Crippen molar-refractivity contribution >= 4 is 5.97 Å². The Morgan fingerprint density at radius 3 is 2.52 bits per heavy atom. The van der Waals surface area contributed by atoms with Crippen molar-refractivity contribution in [1.82, 2.24) is 15.1 Å². The van der Waals surface area contributed by atoms with Gasteiger partial charge < -0.3 is 19.9 Å². The average Bonchev–Trinajstić information content (AvgIpc) is 2.92. The number of hydrogen-bond donors (Lipinski definition) is 1. The minimum absolute atomic E-state index is 0.102. The van der Waals surface area contributed by atoms with Gasteiger partial charge in [0, 0.05) is 12.6 Å². The maximum absolute atomic E-state index is 12.1. The summed E-state index contributed by atoms with van der Waals surface area (Å²) in [5.41, 5.74) is -0.458. The lowest BCUT2D eigenvalue weighted by atomic mass is 9.94. The van der Waals surface area contributed by atoms with Gasteiger partial charge in [-0.2, -0.15) is 0 Å². The van der Waals surface area contributed by atoms with E-state index in [2.05, 4.69) is 29.2 Å². The molecule has 122 valence electrons. The number of hydrogen-bond acceptors (Lipinski definition) is 5. The number of likely N-dealkylation sites (tertiary alicyclic amines) is 1. The van der Waals surface area contributed by atoms with Crippen LogP contribution in [-0.4, -0.2) is 75.2 Å². The van der Waals surface area contributed by atoms with E-state index in [0.717, 1.165) is 25.2 Å². The summed E-state index contributed by atoms with van der Waals surface area (Å²) in [6.45, 7) is 3.54. The number of nitrogens with zero attached hydrogens (tertiary/aromatic N) is 2. The molecule has 21 heavy (non-hydrogen) atoms. The molecule has 0 radical (unpaired) electrons. The number of piperidine rings is 1. The van der Waals surface area contributed by atoms with Crippen LogP contribution in [0.2, 0.25) is 0 Å². The van der Waals surface area contributed by atoms with Gasteiger partial charge in [0.25, 0.3) is 0 Å². The van der Waals surface area contributed by atoms with E-state index >= 15 is 0 Å². The summed E-state index contributed by atoms with van der Waals surface area (Å²) in [7, 11) is 7.67. The molecule has 1 saturated carbocycles. The van der Waals surface area contributed by atoms with Crippen LogP contribution >= 0.6 is 0 Å². The van der Waals surface area contributed by atoms with Gasteiger partial charge in [0.15, 0.2) is 0 Å². The molecule has 0 aromatic carbocycles. The van der Waals surface area contributed by atoms with Gasteiger partial charge in [0.2, 0.25) is 0 Å². The smallest absolute Gasteiger partial charge is 0.326 e. The highest BCUT2D eigenvalue weighted by Gasteiger charge is 2.47. The standard InChI is InChI=1S/C16H31N3O2/c1-17-16(15(20)21-4)8-5-14(11-16)19-9-6-13(7-10-19)12-18(2)3/h13-14,17H,5-12H2,1-4H3. The molecule has 2 aliphatic rings. The summed E-state index contributed by atoms with van der Waals surface area (Å²) in [4.78, 5) is 16.9. The number of likely N-dealkylation sites (N-methyl/N-ethyl adjacent to an activating group) is 1. The second-order valence-corrected chi connectivity index (χ2v) is 6.96. The van der Waals surface area contributed by atoms with E-state index in [1.165, 1.54) is 39.6 Å². The van der Waals surface area contributed by atoms with Gasteiger partial charge in [-0.1, -0.05) is 0 Å². The number of rotatable bonds is 5. The largest absolute Gasteiger partial charge is 0.468 e. The minimum Gasteiger partial charge on any atom is -0.468 e. The van der Waals surface area contributed by atoms with E-state index in [-0.39, 0.29) is 5.97 Å². The predicted octanol–water partition coefficient (Wildman–Crippen LogP) is 0.944. The molecule has 2 rings (SSSR count). The molecule has 0 spiro atoms. The van der Waals surface area contributed by atoms with Crippen LogP contribution in [0.4, 0.5) is 0 Å². The maximum atomic E-state index is 12.1. The second kappa shape index (κ2) is 7.07. The predicted molar refractivity (Wildman–Crippen MR) is 84.3 cm³/mol. The van der Waals surface area contributed by atoms with E-state index < -0.39 is 5.54 Å². The highest BCUT2D eigenvalue weighted by Crippen LogP contribution is 2.35. The molecular weight excluding hydrogens is 266 g/mol. The monoisotopic (exact) mass is 297 g/mol. The SMILES string of the molecule is CNC1(C(=O)OC)CCC(N2CCC(CN(C)C)CC2)C1. The maximum Gasteiger partial charge on any atom is 0.326 e. The Labute approximate surface area is 129 Å². The molecule has 5 heteroatoms. The Bertz CT molecular complexity index is 353. The van der Waals surface area contributed by atoms with Gasteiger partial charge >= 0.3 is 5.97 Å². The minimum atomic E-state index is -0.458. The molecule has 1 aliphatic heterocycles. The molecule has 0 amide bonds. The zero-order chi connectivity index (χ0) is 15.5. The van der Waals surface area contributed by atoms with Gasteiger partial charge in [-0.15, -0.1) is 0 Å². The van der Waals surface area contributed by atoms with E-state index in [1.807, 2.05) is 7.05 Å². The zero-order valence-corrected chi connectivity index (χ0v) is 14.0. The summed E-state index contributed by atoms with van der Waals surface area (Å²) < 4.78 is 5.00.